The molecule has 16 heteroatoms. The summed E-state index contributed by atoms with van der Waals surface area (Å²) < 4.78 is 28.8. The Labute approximate surface area is 269 Å². The number of aryl methyl sites for hydroxylation is 1. The highest BCUT2D eigenvalue weighted by molar-refractivity contribution is 7.98. The van der Waals surface area contributed by atoms with Crippen LogP contribution in [0.1, 0.15) is 28.3 Å². The lowest BCUT2D eigenvalue weighted by molar-refractivity contribution is -0.404. The van der Waals surface area contributed by atoms with Crippen LogP contribution in [0.15, 0.2) is 52.1 Å². The molecule has 0 aliphatic carbocycles. The third-order valence-corrected chi connectivity index (χ3v) is 8.38. The summed E-state index contributed by atoms with van der Waals surface area (Å²) in [5.41, 5.74) is 3.75. The minimum absolute atomic E-state index is 0.249. The van der Waals surface area contributed by atoms with Gasteiger partial charge in [0.1, 0.15) is 17.3 Å². The number of nitrogens with one attached hydrogen (secondary N) is 3. The van der Waals surface area contributed by atoms with Gasteiger partial charge >= 0.3 is 0 Å². The first-order valence-electron chi connectivity index (χ1n) is 13.9. The van der Waals surface area contributed by atoms with Gasteiger partial charge in [-0.15, -0.1) is 0 Å². The Morgan fingerprint density at radius 2 is 1.93 bits per heavy atom. The van der Waals surface area contributed by atoms with Gasteiger partial charge in [-0.3, -0.25) is 19.3 Å². The van der Waals surface area contributed by atoms with Gasteiger partial charge < -0.3 is 34.4 Å². The Kier molecular flexibility index (Phi) is 13.6. The van der Waals surface area contributed by atoms with Crippen LogP contribution in [0.25, 0.3) is 11.2 Å². The average Bonchev–Trinajstić information content (AvgIpc) is 3.64. The molecule has 0 saturated carbocycles. The van der Waals surface area contributed by atoms with Crippen molar-refractivity contribution in [3.05, 3.63) is 80.9 Å². The van der Waals surface area contributed by atoms with Gasteiger partial charge in [0.2, 0.25) is 5.88 Å². The van der Waals surface area contributed by atoms with E-state index in [4.69, 9.17) is 13.9 Å². The van der Waals surface area contributed by atoms with Crippen molar-refractivity contribution in [2.45, 2.75) is 37.1 Å². The van der Waals surface area contributed by atoms with Gasteiger partial charge in [-0.05, 0) is 46.1 Å². The highest BCUT2D eigenvalue weighted by Crippen LogP contribution is 2.26. The fourth-order valence-corrected chi connectivity index (χ4v) is 5.95. The molecule has 0 spiro atoms. The molecule has 0 aromatic carbocycles. The predicted octanol–water partition coefficient (Wildman–Crippen LogP) is 3.75. The smallest absolute Gasteiger partial charge is 0.274 e. The first-order chi connectivity index (χ1) is 21.5. The van der Waals surface area contributed by atoms with E-state index in [9.17, 15) is 14.3 Å². The molecule has 4 aromatic heterocycles. The molecule has 0 aliphatic rings. The minimum atomic E-state index is -1.37. The number of methoxy groups -OCH3 is 2. The number of thioether (sulfide) groups is 1. The van der Waals surface area contributed by atoms with E-state index in [1.807, 2.05) is 40.1 Å². The number of rotatable bonds is 15. The number of nitro groups is 1. The molecule has 0 saturated heterocycles. The third-order valence-electron chi connectivity index (χ3n) is 6.24. The number of imidazole rings is 1. The molecule has 0 fully saturated rings. The van der Waals surface area contributed by atoms with Gasteiger partial charge in [-0.25, -0.2) is 4.98 Å². The lowest BCUT2D eigenvalue weighted by Crippen LogP contribution is -2.26. The molecular formula is C29H40N8O6S2. The van der Waals surface area contributed by atoms with Crippen molar-refractivity contribution in [1.82, 2.24) is 35.5 Å². The molecule has 0 radical (unpaired) electrons. The number of nitrogens with zero attached hydrogens (tertiary/aromatic N) is 5. The summed E-state index contributed by atoms with van der Waals surface area (Å²) >= 11 is 1.72. The zero-order valence-electron chi connectivity index (χ0n) is 26.5. The Morgan fingerprint density at radius 1 is 1.18 bits per heavy atom. The highest BCUT2D eigenvalue weighted by Gasteiger charge is 2.16. The summed E-state index contributed by atoms with van der Waals surface area (Å²) in [6.45, 7) is 5.29. The molecule has 1 atom stereocenters. The monoisotopic (exact) mass is 660 g/mol. The number of pyridine rings is 2. The van der Waals surface area contributed by atoms with Crippen molar-refractivity contribution in [2.75, 3.05) is 47.7 Å². The largest absolute Gasteiger partial charge is 0.496 e. The number of aromatic nitrogens is 4. The molecule has 3 N–H and O–H groups in total. The second-order valence-corrected chi connectivity index (χ2v) is 12.4. The first-order valence-corrected chi connectivity index (χ1v) is 16.4. The van der Waals surface area contributed by atoms with Gasteiger partial charge in [-0.2, -0.15) is 16.7 Å². The quantitative estimate of drug-likeness (QED) is 0.0957. The number of H-pyrrole nitrogens is 1. The first kappa shape index (κ1) is 35.3. The summed E-state index contributed by atoms with van der Waals surface area (Å²) in [6.07, 6.45) is 2.65. The molecule has 14 nitrogen and oxygen atoms in total. The summed E-state index contributed by atoms with van der Waals surface area (Å²) in [5.74, 6) is 5.43. The molecule has 0 bridgehead atoms. The molecule has 4 aromatic rings. The second-order valence-electron chi connectivity index (χ2n) is 9.97. The fraction of sp³-hybridized carbons (Fsp3) is 0.414. The van der Waals surface area contributed by atoms with Crippen molar-refractivity contribution >= 4 is 33.7 Å². The van der Waals surface area contributed by atoms with Crippen LogP contribution in [0, 0.1) is 24.0 Å². The summed E-state index contributed by atoms with van der Waals surface area (Å²) in [5, 5.41) is 16.4. The molecule has 45 heavy (non-hydrogen) atoms. The number of hydrogen-bond donors (Lipinski definition) is 3. The third kappa shape index (κ3) is 10.8. The van der Waals surface area contributed by atoms with Crippen LogP contribution in [0.5, 0.6) is 11.6 Å². The summed E-state index contributed by atoms with van der Waals surface area (Å²) in [7, 11) is 7.44. The maximum Gasteiger partial charge on any atom is 0.274 e. The van der Waals surface area contributed by atoms with Crippen molar-refractivity contribution < 1.29 is 23.0 Å². The number of furan rings is 1. The number of ether oxygens (including phenoxy) is 2. The fourth-order valence-electron chi connectivity index (χ4n) is 4.11. The van der Waals surface area contributed by atoms with E-state index in [1.165, 1.54) is 0 Å². The van der Waals surface area contributed by atoms with Crippen LogP contribution in [-0.4, -0.2) is 81.6 Å². The van der Waals surface area contributed by atoms with E-state index in [2.05, 4.69) is 35.5 Å². The predicted molar refractivity (Wildman–Crippen MR) is 175 cm³/mol. The van der Waals surface area contributed by atoms with E-state index in [0.29, 0.717) is 34.6 Å². The SMILES string of the molecule is CN/C(=C\[N+](=O)[O-])NCCSCc1ccc(CN(C)C)o1.COc1ccc2[nH]c(S(=O)Cc3ncc(C)c(OC)c3C)nc2n1. The van der Waals surface area contributed by atoms with Crippen LogP contribution in [0.3, 0.4) is 0 Å². The van der Waals surface area contributed by atoms with E-state index < -0.39 is 15.7 Å². The molecule has 244 valence electrons. The van der Waals surface area contributed by atoms with Crippen LogP contribution in [0.2, 0.25) is 0 Å². The van der Waals surface area contributed by atoms with E-state index >= 15 is 0 Å². The lowest BCUT2D eigenvalue weighted by Gasteiger charge is -2.11. The molecule has 1 unspecified atom stereocenters. The van der Waals surface area contributed by atoms with Gasteiger partial charge in [0, 0.05) is 42.7 Å². The Hall–Kier alpha value is -4.15. The van der Waals surface area contributed by atoms with Crippen molar-refractivity contribution in [1.29, 1.82) is 0 Å². The van der Waals surface area contributed by atoms with Gasteiger partial charge in [-0.1, -0.05) is 0 Å². The molecule has 4 rings (SSSR count). The van der Waals surface area contributed by atoms with Crippen LogP contribution >= 0.6 is 11.8 Å². The highest BCUT2D eigenvalue weighted by atomic mass is 32.2. The van der Waals surface area contributed by atoms with Gasteiger partial charge in [0.25, 0.3) is 6.20 Å². The topological polar surface area (TPSA) is 174 Å². The van der Waals surface area contributed by atoms with Crippen LogP contribution in [-0.2, 0) is 28.9 Å². The van der Waals surface area contributed by atoms with Gasteiger partial charge in [0.05, 0.1) is 59.2 Å². The number of hydrogen-bond acceptors (Lipinski definition) is 13. The zero-order valence-corrected chi connectivity index (χ0v) is 28.1. The van der Waals surface area contributed by atoms with Gasteiger partial charge in [0.15, 0.2) is 16.6 Å². The Morgan fingerprint density at radius 3 is 2.60 bits per heavy atom. The average molecular weight is 661 g/mol. The van der Waals surface area contributed by atoms with Crippen molar-refractivity contribution in [2.24, 2.45) is 0 Å². The molecule has 0 amide bonds. The normalized spacial score (nSPS) is 12.0. The lowest BCUT2D eigenvalue weighted by atomic mass is 10.1. The maximum absolute atomic E-state index is 12.7. The zero-order chi connectivity index (χ0) is 32.9. The summed E-state index contributed by atoms with van der Waals surface area (Å²) in [6, 6.07) is 7.51. The molecular weight excluding hydrogens is 621 g/mol. The number of aromatic amines is 1. The van der Waals surface area contributed by atoms with E-state index in [1.54, 1.807) is 51.4 Å². The minimum Gasteiger partial charge on any atom is -0.496 e. The Bertz CT molecular complexity index is 1620. The summed E-state index contributed by atoms with van der Waals surface area (Å²) in [4.78, 5) is 27.9. The molecule has 0 aliphatic heterocycles. The number of fused-ring (bicyclic) bond motifs is 1. The second kappa shape index (κ2) is 17.4. The van der Waals surface area contributed by atoms with Crippen LogP contribution < -0.4 is 20.1 Å². The van der Waals surface area contributed by atoms with Crippen LogP contribution in [0.4, 0.5) is 0 Å². The maximum atomic E-state index is 12.7. The Balaban J connectivity index is 0.000000248. The molecule has 4 heterocycles. The van der Waals surface area contributed by atoms with E-state index in [0.717, 1.165) is 58.3 Å². The van der Waals surface area contributed by atoms with Crippen molar-refractivity contribution in [3.8, 4) is 11.6 Å². The van der Waals surface area contributed by atoms with E-state index in [-0.39, 0.29) is 5.75 Å². The van der Waals surface area contributed by atoms with Crippen molar-refractivity contribution in [3.63, 3.8) is 0 Å². The standard InChI is InChI=1S/C16H18N4O3S.C13H22N4O3S/c1-9-7-17-12(10(2)14(9)23-4)8-24(21)16-18-11-5-6-13(22-3)19-15(11)20-16;1-14-13(9-17(18)19)15-6-7-21-10-12-5-4-11(20-12)8-16(2)3/h5-7H,8H2,1-4H3,(H,18,19,20);4-5,9,14-15H,6-8,10H2,1-3H3/b;13-9+.